The summed E-state index contributed by atoms with van der Waals surface area (Å²) < 4.78 is 5.51. The number of thioether (sulfide) groups is 1. The van der Waals surface area contributed by atoms with Crippen LogP contribution in [0.15, 0.2) is 76.4 Å². The second-order valence-corrected chi connectivity index (χ2v) is 8.65. The van der Waals surface area contributed by atoms with Crippen molar-refractivity contribution in [2.45, 2.75) is 30.0 Å². The van der Waals surface area contributed by atoms with Crippen molar-refractivity contribution < 1.29 is 9.21 Å². The van der Waals surface area contributed by atoms with Crippen LogP contribution in [0.3, 0.4) is 0 Å². The Morgan fingerprint density at radius 3 is 2.68 bits per heavy atom. The molecule has 1 aliphatic rings. The minimum atomic E-state index is 0.138. The van der Waals surface area contributed by atoms with Crippen molar-refractivity contribution in [3.05, 3.63) is 78.1 Å². The number of aromatic nitrogens is 2. The predicted octanol–water partition coefficient (Wildman–Crippen LogP) is 5.81. The van der Waals surface area contributed by atoms with Gasteiger partial charge in [0.05, 0.1) is 11.8 Å². The average molecular weight is 430 g/mol. The van der Waals surface area contributed by atoms with Crippen molar-refractivity contribution in [1.82, 2.24) is 14.9 Å². The number of rotatable bonds is 5. The number of fused-ring (bicyclic) bond motifs is 1. The summed E-state index contributed by atoms with van der Waals surface area (Å²) in [5.41, 5.74) is 2.76. The van der Waals surface area contributed by atoms with Crippen molar-refractivity contribution in [2.75, 3.05) is 13.1 Å². The standard InChI is InChI=1S/C25H23N3O2S/c29-25(28-13-4-1-5-14-28)19-9-6-8-18(16-19)17-31-24-20-10-2-3-11-21(20)26-23(27-24)22-12-7-15-30-22/h2-3,6-12,15-16H,1,4-5,13-14,17H2. The lowest BCUT2D eigenvalue weighted by molar-refractivity contribution is 0.0724. The van der Waals surface area contributed by atoms with Gasteiger partial charge in [-0.25, -0.2) is 9.97 Å². The molecule has 6 heteroatoms. The number of likely N-dealkylation sites (tertiary alicyclic amines) is 1. The molecule has 0 saturated carbocycles. The van der Waals surface area contributed by atoms with E-state index < -0.39 is 0 Å². The summed E-state index contributed by atoms with van der Waals surface area (Å²) in [7, 11) is 0. The molecule has 2 aromatic heterocycles. The maximum absolute atomic E-state index is 12.9. The molecule has 2 aromatic carbocycles. The van der Waals surface area contributed by atoms with Gasteiger partial charge in [0.1, 0.15) is 5.03 Å². The number of amides is 1. The normalized spacial score (nSPS) is 14.1. The fourth-order valence-electron chi connectivity index (χ4n) is 3.90. The Morgan fingerprint density at radius 1 is 0.968 bits per heavy atom. The summed E-state index contributed by atoms with van der Waals surface area (Å²) >= 11 is 1.65. The first-order valence-corrected chi connectivity index (χ1v) is 11.6. The minimum absolute atomic E-state index is 0.138. The van der Waals surface area contributed by atoms with E-state index in [2.05, 4.69) is 11.1 Å². The molecule has 1 aliphatic heterocycles. The molecule has 0 atom stereocenters. The number of carbonyl (C=O) groups is 1. The maximum atomic E-state index is 12.9. The van der Waals surface area contributed by atoms with Gasteiger partial charge in [0.15, 0.2) is 11.6 Å². The summed E-state index contributed by atoms with van der Waals surface area (Å²) in [6.07, 6.45) is 5.04. The highest BCUT2D eigenvalue weighted by Crippen LogP contribution is 2.31. The van der Waals surface area contributed by atoms with Gasteiger partial charge in [-0.2, -0.15) is 0 Å². The Balaban J connectivity index is 1.39. The van der Waals surface area contributed by atoms with Gasteiger partial charge in [-0.15, -0.1) is 11.8 Å². The Bertz CT molecular complexity index is 1200. The second-order valence-electron chi connectivity index (χ2n) is 7.69. The van der Waals surface area contributed by atoms with Crippen LogP contribution in [0.4, 0.5) is 0 Å². The predicted molar refractivity (Wildman–Crippen MR) is 123 cm³/mol. The number of nitrogens with zero attached hydrogens (tertiary/aromatic N) is 3. The zero-order valence-electron chi connectivity index (χ0n) is 17.2. The topological polar surface area (TPSA) is 59.2 Å². The lowest BCUT2D eigenvalue weighted by Gasteiger charge is -2.26. The second kappa shape index (κ2) is 8.94. The van der Waals surface area contributed by atoms with Crippen LogP contribution >= 0.6 is 11.8 Å². The summed E-state index contributed by atoms with van der Waals surface area (Å²) in [6, 6.07) is 19.7. The quantitative estimate of drug-likeness (QED) is 0.296. The highest BCUT2D eigenvalue weighted by Gasteiger charge is 2.18. The smallest absolute Gasteiger partial charge is 0.253 e. The fourth-order valence-corrected chi connectivity index (χ4v) is 4.86. The molecule has 5 rings (SSSR count). The number of carbonyl (C=O) groups excluding carboxylic acids is 1. The molecule has 1 saturated heterocycles. The van der Waals surface area contributed by atoms with E-state index in [1.807, 2.05) is 59.5 Å². The minimum Gasteiger partial charge on any atom is -0.461 e. The van der Waals surface area contributed by atoms with Gasteiger partial charge in [0, 0.05) is 29.8 Å². The van der Waals surface area contributed by atoms with Crippen molar-refractivity contribution >= 4 is 28.6 Å². The molecule has 1 amide bonds. The van der Waals surface area contributed by atoms with E-state index in [9.17, 15) is 4.79 Å². The van der Waals surface area contributed by atoms with Gasteiger partial charge in [-0.05, 0) is 55.2 Å². The van der Waals surface area contributed by atoms with E-state index in [0.29, 0.717) is 11.6 Å². The first-order chi connectivity index (χ1) is 15.3. The van der Waals surface area contributed by atoms with Crippen molar-refractivity contribution in [3.8, 4) is 11.6 Å². The fraction of sp³-hybridized carbons (Fsp3) is 0.240. The molecular weight excluding hydrogens is 406 g/mol. The van der Waals surface area contributed by atoms with E-state index in [1.54, 1.807) is 18.0 Å². The number of hydrogen-bond acceptors (Lipinski definition) is 5. The molecule has 0 radical (unpaired) electrons. The van der Waals surface area contributed by atoms with Crippen LogP contribution in [-0.2, 0) is 5.75 Å². The first kappa shape index (κ1) is 19.8. The molecule has 0 aliphatic carbocycles. The van der Waals surface area contributed by atoms with E-state index in [-0.39, 0.29) is 5.91 Å². The molecule has 0 spiro atoms. The third-order valence-electron chi connectivity index (χ3n) is 5.50. The zero-order valence-corrected chi connectivity index (χ0v) is 18.0. The Hall–Kier alpha value is -3.12. The van der Waals surface area contributed by atoms with Crippen LogP contribution in [0, 0.1) is 0 Å². The average Bonchev–Trinajstić information content (AvgIpc) is 3.38. The highest BCUT2D eigenvalue weighted by molar-refractivity contribution is 7.98. The van der Waals surface area contributed by atoms with Crippen molar-refractivity contribution in [3.63, 3.8) is 0 Å². The van der Waals surface area contributed by atoms with Crippen LogP contribution in [0.1, 0.15) is 35.2 Å². The van der Waals surface area contributed by atoms with Crippen molar-refractivity contribution in [2.24, 2.45) is 0 Å². The number of para-hydroxylation sites is 1. The molecule has 31 heavy (non-hydrogen) atoms. The number of hydrogen-bond donors (Lipinski definition) is 0. The summed E-state index contributed by atoms with van der Waals surface area (Å²) in [6.45, 7) is 1.72. The summed E-state index contributed by atoms with van der Waals surface area (Å²) in [5, 5.41) is 1.92. The van der Waals surface area contributed by atoms with Gasteiger partial charge in [-0.1, -0.05) is 30.3 Å². The molecule has 1 fully saturated rings. The van der Waals surface area contributed by atoms with Gasteiger partial charge < -0.3 is 9.32 Å². The highest BCUT2D eigenvalue weighted by atomic mass is 32.2. The molecule has 5 nitrogen and oxygen atoms in total. The Morgan fingerprint density at radius 2 is 1.84 bits per heavy atom. The lowest BCUT2D eigenvalue weighted by atomic mass is 10.1. The van der Waals surface area contributed by atoms with Crippen LogP contribution < -0.4 is 0 Å². The molecule has 156 valence electrons. The number of benzene rings is 2. The van der Waals surface area contributed by atoms with E-state index in [0.717, 1.165) is 58.7 Å². The molecule has 3 heterocycles. The van der Waals surface area contributed by atoms with Crippen LogP contribution in [0.5, 0.6) is 0 Å². The van der Waals surface area contributed by atoms with Gasteiger partial charge in [0.25, 0.3) is 5.91 Å². The zero-order chi connectivity index (χ0) is 21.0. The third-order valence-corrected chi connectivity index (χ3v) is 6.56. The van der Waals surface area contributed by atoms with Crippen LogP contribution in [0.25, 0.3) is 22.5 Å². The molecular formula is C25H23N3O2S. The maximum Gasteiger partial charge on any atom is 0.253 e. The number of piperidine rings is 1. The number of furan rings is 1. The molecule has 0 unspecified atom stereocenters. The summed E-state index contributed by atoms with van der Waals surface area (Å²) in [5.74, 6) is 2.10. The van der Waals surface area contributed by atoms with Gasteiger partial charge >= 0.3 is 0 Å². The Labute approximate surface area is 185 Å². The first-order valence-electron chi connectivity index (χ1n) is 10.6. The van der Waals surface area contributed by atoms with Gasteiger partial charge in [0.2, 0.25) is 0 Å². The molecule has 4 aromatic rings. The molecule has 0 N–H and O–H groups in total. The third kappa shape index (κ3) is 4.35. The van der Waals surface area contributed by atoms with E-state index in [4.69, 9.17) is 9.40 Å². The van der Waals surface area contributed by atoms with Crippen molar-refractivity contribution in [1.29, 1.82) is 0 Å². The monoisotopic (exact) mass is 429 g/mol. The largest absolute Gasteiger partial charge is 0.461 e. The lowest BCUT2D eigenvalue weighted by Crippen LogP contribution is -2.35. The van der Waals surface area contributed by atoms with E-state index in [1.165, 1.54) is 6.42 Å². The summed E-state index contributed by atoms with van der Waals surface area (Å²) in [4.78, 5) is 24.3. The van der Waals surface area contributed by atoms with Crippen LogP contribution in [-0.4, -0.2) is 33.9 Å². The van der Waals surface area contributed by atoms with Gasteiger partial charge in [-0.3, -0.25) is 4.79 Å². The van der Waals surface area contributed by atoms with Crippen LogP contribution in [0.2, 0.25) is 0 Å². The van der Waals surface area contributed by atoms with E-state index >= 15 is 0 Å². The SMILES string of the molecule is O=C(c1cccc(CSc2nc(-c3ccco3)nc3ccccc23)c1)N1CCCCC1. The molecule has 0 bridgehead atoms. The Kier molecular flexibility index (Phi) is 5.71.